The predicted octanol–water partition coefficient (Wildman–Crippen LogP) is 2.08. The SMILES string of the molecule is CCC(N)C(C)Oc1ccc2c(c1)CCC(=O)N2. The van der Waals surface area contributed by atoms with Crippen molar-refractivity contribution in [3.63, 3.8) is 0 Å². The molecule has 0 saturated heterocycles. The first-order chi connectivity index (χ1) is 8.60. The van der Waals surface area contributed by atoms with Gasteiger partial charge in [0.1, 0.15) is 11.9 Å². The third kappa shape index (κ3) is 2.82. The molecule has 1 aliphatic rings. The quantitative estimate of drug-likeness (QED) is 0.857. The van der Waals surface area contributed by atoms with E-state index in [-0.39, 0.29) is 18.1 Å². The van der Waals surface area contributed by atoms with Crippen LogP contribution in [-0.4, -0.2) is 18.1 Å². The molecule has 0 bridgehead atoms. The van der Waals surface area contributed by atoms with Crippen LogP contribution in [0.4, 0.5) is 5.69 Å². The van der Waals surface area contributed by atoms with Gasteiger partial charge in [-0.2, -0.15) is 0 Å². The number of carbonyl (C=O) groups is 1. The molecule has 2 rings (SSSR count). The first-order valence-electron chi connectivity index (χ1n) is 6.45. The molecule has 18 heavy (non-hydrogen) atoms. The van der Waals surface area contributed by atoms with E-state index in [4.69, 9.17) is 10.5 Å². The van der Waals surface area contributed by atoms with Crippen LogP contribution in [0.1, 0.15) is 32.3 Å². The van der Waals surface area contributed by atoms with Crippen LogP contribution >= 0.6 is 0 Å². The number of amides is 1. The Kier molecular flexibility index (Phi) is 3.87. The zero-order valence-electron chi connectivity index (χ0n) is 10.9. The van der Waals surface area contributed by atoms with Crippen molar-refractivity contribution in [2.24, 2.45) is 5.73 Å². The van der Waals surface area contributed by atoms with Gasteiger partial charge in [-0.1, -0.05) is 6.92 Å². The fourth-order valence-corrected chi connectivity index (χ4v) is 2.07. The molecule has 1 heterocycles. The molecule has 0 aliphatic carbocycles. The topological polar surface area (TPSA) is 64.3 Å². The van der Waals surface area contributed by atoms with Gasteiger partial charge in [-0.25, -0.2) is 0 Å². The largest absolute Gasteiger partial charge is 0.489 e. The summed E-state index contributed by atoms with van der Waals surface area (Å²) in [6, 6.07) is 5.81. The third-order valence-electron chi connectivity index (χ3n) is 3.37. The summed E-state index contributed by atoms with van der Waals surface area (Å²) >= 11 is 0. The molecular formula is C14H20N2O2. The molecule has 1 aromatic carbocycles. The summed E-state index contributed by atoms with van der Waals surface area (Å²) in [5.41, 5.74) is 7.96. The maximum Gasteiger partial charge on any atom is 0.224 e. The molecule has 98 valence electrons. The molecule has 4 nitrogen and oxygen atoms in total. The van der Waals surface area contributed by atoms with E-state index < -0.39 is 0 Å². The van der Waals surface area contributed by atoms with Gasteiger partial charge in [-0.3, -0.25) is 4.79 Å². The Labute approximate surface area is 108 Å². The van der Waals surface area contributed by atoms with Crippen LogP contribution in [0.2, 0.25) is 0 Å². The maximum absolute atomic E-state index is 11.3. The lowest BCUT2D eigenvalue weighted by molar-refractivity contribution is -0.116. The number of hydrogen-bond acceptors (Lipinski definition) is 3. The molecule has 0 spiro atoms. The Morgan fingerprint density at radius 2 is 2.22 bits per heavy atom. The van der Waals surface area contributed by atoms with Gasteiger partial charge < -0.3 is 15.8 Å². The van der Waals surface area contributed by atoms with Gasteiger partial charge in [0.15, 0.2) is 0 Å². The molecule has 3 N–H and O–H groups in total. The van der Waals surface area contributed by atoms with Crippen molar-refractivity contribution >= 4 is 11.6 Å². The van der Waals surface area contributed by atoms with E-state index in [9.17, 15) is 4.79 Å². The lowest BCUT2D eigenvalue weighted by Gasteiger charge is -2.22. The molecule has 4 heteroatoms. The predicted molar refractivity (Wildman–Crippen MR) is 71.7 cm³/mol. The number of rotatable bonds is 4. The van der Waals surface area contributed by atoms with Crippen molar-refractivity contribution in [3.05, 3.63) is 23.8 Å². The maximum atomic E-state index is 11.3. The van der Waals surface area contributed by atoms with Crippen molar-refractivity contribution < 1.29 is 9.53 Å². The van der Waals surface area contributed by atoms with Crippen molar-refractivity contribution in [2.75, 3.05) is 5.32 Å². The molecule has 0 radical (unpaired) electrons. The second kappa shape index (κ2) is 5.40. The zero-order chi connectivity index (χ0) is 13.1. The summed E-state index contributed by atoms with van der Waals surface area (Å²) in [6.07, 6.45) is 2.20. The number of aryl methyl sites for hydroxylation is 1. The van der Waals surface area contributed by atoms with E-state index in [1.165, 1.54) is 0 Å². The number of carbonyl (C=O) groups excluding carboxylic acids is 1. The fraction of sp³-hybridized carbons (Fsp3) is 0.500. The summed E-state index contributed by atoms with van der Waals surface area (Å²) in [5.74, 6) is 0.902. The molecule has 1 amide bonds. The van der Waals surface area contributed by atoms with Crippen LogP contribution in [0.5, 0.6) is 5.75 Å². The summed E-state index contributed by atoms with van der Waals surface area (Å²) in [7, 11) is 0. The lowest BCUT2D eigenvalue weighted by Crippen LogP contribution is -2.35. The van der Waals surface area contributed by atoms with Gasteiger partial charge in [0.05, 0.1) is 0 Å². The van der Waals surface area contributed by atoms with Crippen molar-refractivity contribution in [1.82, 2.24) is 0 Å². The molecule has 0 fully saturated rings. The number of benzene rings is 1. The Hall–Kier alpha value is -1.55. The van der Waals surface area contributed by atoms with Gasteiger partial charge in [0.25, 0.3) is 0 Å². The monoisotopic (exact) mass is 248 g/mol. The second-order valence-electron chi connectivity index (χ2n) is 4.76. The highest BCUT2D eigenvalue weighted by molar-refractivity contribution is 5.93. The van der Waals surface area contributed by atoms with Crippen LogP contribution in [0.3, 0.4) is 0 Å². The number of anilines is 1. The molecular weight excluding hydrogens is 228 g/mol. The second-order valence-corrected chi connectivity index (χ2v) is 4.76. The van der Waals surface area contributed by atoms with Crippen LogP contribution in [0.25, 0.3) is 0 Å². The van der Waals surface area contributed by atoms with Gasteiger partial charge >= 0.3 is 0 Å². The fourth-order valence-electron chi connectivity index (χ4n) is 2.07. The summed E-state index contributed by atoms with van der Waals surface area (Å²) in [4.78, 5) is 11.3. The van der Waals surface area contributed by atoms with E-state index in [1.54, 1.807) is 0 Å². The van der Waals surface area contributed by atoms with E-state index >= 15 is 0 Å². The summed E-state index contributed by atoms with van der Waals surface area (Å²) in [5, 5.41) is 2.86. The van der Waals surface area contributed by atoms with Gasteiger partial charge in [-0.15, -0.1) is 0 Å². The van der Waals surface area contributed by atoms with Gasteiger partial charge in [0.2, 0.25) is 5.91 Å². The zero-order valence-corrected chi connectivity index (χ0v) is 10.9. The van der Waals surface area contributed by atoms with Crippen molar-refractivity contribution in [2.45, 2.75) is 45.3 Å². The Morgan fingerprint density at radius 1 is 1.44 bits per heavy atom. The van der Waals surface area contributed by atoms with E-state index in [0.29, 0.717) is 6.42 Å². The third-order valence-corrected chi connectivity index (χ3v) is 3.37. The number of hydrogen-bond donors (Lipinski definition) is 2. The standard InChI is InChI=1S/C14H20N2O2/c1-3-12(15)9(2)18-11-5-6-13-10(8-11)4-7-14(17)16-13/h5-6,8-9,12H,3-4,7,15H2,1-2H3,(H,16,17). The first kappa shape index (κ1) is 12.9. The van der Waals surface area contributed by atoms with Crippen molar-refractivity contribution in [1.29, 1.82) is 0 Å². The highest BCUT2D eigenvalue weighted by atomic mass is 16.5. The molecule has 0 aromatic heterocycles. The lowest BCUT2D eigenvalue weighted by atomic mass is 10.0. The minimum Gasteiger partial charge on any atom is -0.489 e. The summed E-state index contributed by atoms with van der Waals surface area (Å²) in [6.45, 7) is 4.03. The van der Waals surface area contributed by atoms with Crippen LogP contribution < -0.4 is 15.8 Å². The first-order valence-corrected chi connectivity index (χ1v) is 6.45. The number of nitrogens with two attached hydrogens (primary N) is 1. The summed E-state index contributed by atoms with van der Waals surface area (Å²) < 4.78 is 5.82. The van der Waals surface area contributed by atoms with E-state index in [0.717, 1.165) is 29.8 Å². The van der Waals surface area contributed by atoms with E-state index in [1.807, 2.05) is 32.0 Å². The highest BCUT2D eigenvalue weighted by Gasteiger charge is 2.17. The molecule has 0 saturated carbocycles. The molecule has 2 unspecified atom stereocenters. The highest BCUT2D eigenvalue weighted by Crippen LogP contribution is 2.27. The molecule has 1 aromatic rings. The van der Waals surface area contributed by atoms with Crippen molar-refractivity contribution in [3.8, 4) is 5.75 Å². The van der Waals surface area contributed by atoms with Gasteiger partial charge in [-0.05, 0) is 43.5 Å². The van der Waals surface area contributed by atoms with Crippen LogP contribution in [-0.2, 0) is 11.2 Å². The molecule has 2 atom stereocenters. The smallest absolute Gasteiger partial charge is 0.224 e. The average Bonchev–Trinajstić information content (AvgIpc) is 2.38. The van der Waals surface area contributed by atoms with Gasteiger partial charge in [0, 0.05) is 18.2 Å². The minimum atomic E-state index is -0.00812. The average molecular weight is 248 g/mol. The number of ether oxygens (including phenoxy) is 1. The van der Waals surface area contributed by atoms with E-state index in [2.05, 4.69) is 5.32 Å². The minimum absolute atomic E-state index is 0.00812. The number of fused-ring (bicyclic) bond motifs is 1. The Bertz CT molecular complexity index is 445. The normalized spacial score (nSPS) is 17.6. The van der Waals surface area contributed by atoms with Crippen LogP contribution in [0.15, 0.2) is 18.2 Å². The number of nitrogens with one attached hydrogen (secondary N) is 1. The molecule has 1 aliphatic heterocycles. The Balaban J connectivity index is 2.09. The van der Waals surface area contributed by atoms with Crippen LogP contribution in [0, 0.1) is 0 Å². The Morgan fingerprint density at radius 3 is 2.94 bits per heavy atom.